The number of hydrogen-bond donors (Lipinski definition) is 1. The standard InChI is InChI=1S/C20H17Cl2N3O3S/c21-14-6-5-12(9-15(14)22)16-3-1-7-25(16)18(26)10-13-11-29-20(23-13)24-19(27)17-4-2-8-28-17/h2,4-6,8-9,11,16H,1,3,7,10H2,(H,23,24,27). The molecule has 6 nitrogen and oxygen atoms in total. The number of thiazole rings is 1. The van der Waals surface area contributed by atoms with Crippen LogP contribution in [-0.2, 0) is 11.2 Å². The van der Waals surface area contributed by atoms with Crippen LogP contribution in [0.4, 0.5) is 5.13 Å². The van der Waals surface area contributed by atoms with E-state index in [1.54, 1.807) is 23.6 Å². The molecule has 3 aromatic rings. The normalized spacial score (nSPS) is 16.2. The zero-order chi connectivity index (χ0) is 20.4. The number of rotatable bonds is 5. The highest BCUT2D eigenvalue weighted by Gasteiger charge is 2.30. The third-order valence-electron chi connectivity index (χ3n) is 4.75. The number of furan rings is 1. The Hall–Kier alpha value is -2.35. The van der Waals surface area contributed by atoms with Gasteiger partial charge in [-0.15, -0.1) is 11.3 Å². The molecule has 0 bridgehead atoms. The first-order chi connectivity index (χ1) is 14.0. The third-order valence-corrected chi connectivity index (χ3v) is 6.30. The van der Waals surface area contributed by atoms with E-state index in [4.69, 9.17) is 27.6 Å². The maximum absolute atomic E-state index is 12.9. The van der Waals surface area contributed by atoms with E-state index in [2.05, 4.69) is 10.3 Å². The van der Waals surface area contributed by atoms with E-state index >= 15 is 0 Å². The van der Waals surface area contributed by atoms with Gasteiger partial charge in [0.1, 0.15) is 0 Å². The van der Waals surface area contributed by atoms with Gasteiger partial charge >= 0.3 is 0 Å². The van der Waals surface area contributed by atoms with Crippen LogP contribution in [0.3, 0.4) is 0 Å². The monoisotopic (exact) mass is 449 g/mol. The second-order valence-corrected chi connectivity index (χ2v) is 8.34. The van der Waals surface area contributed by atoms with Crippen molar-refractivity contribution >= 4 is 51.5 Å². The van der Waals surface area contributed by atoms with Crippen molar-refractivity contribution in [3.8, 4) is 0 Å². The number of carbonyl (C=O) groups is 2. The third kappa shape index (κ3) is 4.47. The number of aromatic nitrogens is 1. The Morgan fingerprint density at radius 2 is 2.14 bits per heavy atom. The van der Waals surface area contributed by atoms with Crippen molar-refractivity contribution in [2.24, 2.45) is 0 Å². The minimum Gasteiger partial charge on any atom is -0.459 e. The predicted octanol–water partition coefficient (Wildman–Crippen LogP) is 5.20. The molecule has 1 aliphatic rings. The van der Waals surface area contributed by atoms with Crippen LogP contribution in [0.25, 0.3) is 0 Å². The summed E-state index contributed by atoms with van der Waals surface area (Å²) in [5.74, 6) is -0.173. The summed E-state index contributed by atoms with van der Waals surface area (Å²) < 4.78 is 5.06. The van der Waals surface area contributed by atoms with Gasteiger partial charge in [-0.3, -0.25) is 14.9 Å². The molecule has 1 atom stereocenters. The van der Waals surface area contributed by atoms with E-state index in [-0.39, 0.29) is 30.0 Å². The van der Waals surface area contributed by atoms with Gasteiger partial charge in [0.2, 0.25) is 5.91 Å². The fourth-order valence-electron chi connectivity index (χ4n) is 3.40. The first-order valence-electron chi connectivity index (χ1n) is 9.05. The zero-order valence-electron chi connectivity index (χ0n) is 15.2. The van der Waals surface area contributed by atoms with Crippen LogP contribution in [-0.4, -0.2) is 28.2 Å². The van der Waals surface area contributed by atoms with Gasteiger partial charge < -0.3 is 9.32 Å². The number of likely N-dealkylation sites (tertiary alicyclic amines) is 1. The van der Waals surface area contributed by atoms with Crippen LogP contribution in [0.15, 0.2) is 46.4 Å². The molecule has 150 valence electrons. The molecule has 1 aliphatic heterocycles. The van der Waals surface area contributed by atoms with Gasteiger partial charge in [-0.05, 0) is 42.7 Å². The van der Waals surface area contributed by atoms with Crippen molar-refractivity contribution in [2.45, 2.75) is 25.3 Å². The van der Waals surface area contributed by atoms with E-state index in [0.717, 1.165) is 18.4 Å². The maximum Gasteiger partial charge on any atom is 0.293 e. The molecule has 1 fully saturated rings. The molecular formula is C20H17Cl2N3O3S. The smallest absolute Gasteiger partial charge is 0.293 e. The summed E-state index contributed by atoms with van der Waals surface area (Å²) in [6.45, 7) is 0.690. The van der Waals surface area contributed by atoms with Gasteiger partial charge in [0.15, 0.2) is 10.9 Å². The summed E-state index contributed by atoms with van der Waals surface area (Å²) in [5, 5.41) is 5.87. The minimum absolute atomic E-state index is 0.00668. The summed E-state index contributed by atoms with van der Waals surface area (Å²) in [6.07, 6.45) is 3.41. The fourth-order valence-corrected chi connectivity index (χ4v) is 4.41. The first kappa shape index (κ1) is 19.9. The summed E-state index contributed by atoms with van der Waals surface area (Å²) in [4.78, 5) is 31.1. The van der Waals surface area contributed by atoms with E-state index in [1.165, 1.54) is 17.6 Å². The molecule has 1 unspecified atom stereocenters. The van der Waals surface area contributed by atoms with Crippen molar-refractivity contribution in [3.63, 3.8) is 0 Å². The Labute approximate surface area is 181 Å². The Morgan fingerprint density at radius 1 is 1.28 bits per heavy atom. The largest absolute Gasteiger partial charge is 0.459 e. The van der Waals surface area contributed by atoms with Crippen molar-refractivity contribution in [1.29, 1.82) is 0 Å². The number of anilines is 1. The van der Waals surface area contributed by atoms with E-state index in [0.29, 0.717) is 27.4 Å². The molecule has 0 spiro atoms. The van der Waals surface area contributed by atoms with Gasteiger partial charge in [-0.1, -0.05) is 29.3 Å². The Bertz CT molecular complexity index is 1040. The van der Waals surface area contributed by atoms with Gasteiger partial charge in [-0.2, -0.15) is 0 Å². The average molecular weight is 450 g/mol. The molecule has 1 aromatic carbocycles. The number of nitrogens with zero attached hydrogens (tertiary/aromatic N) is 2. The first-order valence-corrected chi connectivity index (χ1v) is 10.7. The number of benzene rings is 1. The van der Waals surface area contributed by atoms with Crippen LogP contribution in [0, 0.1) is 0 Å². The van der Waals surface area contributed by atoms with Crippen LogP contribution >= 0.6 is 34.5 Å². The number of halogens is 2. The number of amides is 2. The van der Waals surface area contributed by atoms with Gasteiger partial charge in [0.05, 0.1) is 34.5 Å². The van der Waals surface area contributed by atoms with E-state index in [1.807, 2.05) is 17.0 Å². The summed E-state index contributed by atoms with van der Waals surface area (Å²) in [5.41, 5.74) is 1.60. The van der Waals surface area contributed by atoms with Gasteiger partial charge in [0.25, 0.3) is 5.91 Å². The molecule has 1 N–H and O–H groups in total. The Kier molecular flexibility index (Phi) is 5.89. The second kappa shape index (κ2) is 8.57. The fraction of sp³-hybridized carbons (Fsp3) is 0.250. The molecule has 0 radical (unpaired) electrons. The molecule has 0 aliphatic carbocycles. The molecular weight excluding hydrogens is 433 g/mol. The molecule has 9 heteroatoms. The minimum atomic E-state index is -0.374. The topological polar surface area (TPSA) is 75.4 Å². The van der Waals surface area contributed by atoms with E-state index < -0.39 is 0 Å². The molecule has 0 saturated carbocycles. The van der Waals surface area contributed by atoms with Crippen molar-refractivity contribution in [2.75, 3.05) is 11.9 Å². The molecule has 3 heterocycles. The highest BCUT2D eigenvalue weighted by atomic mass is 35.5. The molecule has 29 heavy (non-hydrogen) atoms. The molecule has 4 rings (SSSR count). The highest BCUT2D eigenvalue weighted by molar-refractivity contribution is 7.14. The van der Waals surface area contributed by atoms with Crippen LogP contribution < -0.4 is 5.32 Å². The van der Waals surface area contributed by atoms with Crippen LogP contribution in [0.1, 0.15) is 40.7 Å². The quantitative estimate of drug-likeness (QED) is 0.580. The molecule has 2 aromatic heterocycles. The lowest BCUT2D eigenvalue weighted by Crippen LogP contribution is -2.31. The maximum atomic E-state index is 12.9. The summed E-state index contributed by atoms with van der Waals surface area (Å²) >= 11 is 13.4. The lowest BCUT2D eigenvalue weighted by Gasteiger charge is -2.25. The highest BCUT2D eigenvalue weighted by Crippen LogP contribution is 2.35. The predicted molar refractivity (Wildman–Crippen MR) is 113 cm³/mol. The van der Waals surface area contributed by atoms with E-state index in [9.17, 15) is 9.59 Å². The van der Waals surface area contributed by atoms with Crippen molar-refractivity contribution in [1.82, 2.24) is 9.88 Å². The van der Waals surface area contributed by atoms with Crippen molar-refractivity contribution in [3.05, 3.63) is 69.0 Å². The molecule has 1 saturated heterocycles. The number of hydrogen-bond acceptors (Lipinski definition) is 5. The SMILES string of the molecule is O=C(Nc1nc(CC(=O)N2CCCC2c2ccc(Cl)c(Cl)c2)cs1)c1ccco1. The summed E-state index contributed by atoms with van der Waals surface area (Å²) in [6, 6.07) is 8.69. The zero-order valence-corrected chi connectivity index (χ0v) is 17.6. The average Bonchev–Trinajstić information content (AvgIpc) is 3.45. The number of nitrogens with one attached hydrogen (secondary N) is 1. The van der Waals surface area contributed by atoms with Crippen molar-refractivity contribution < 1.29 is 14.0 Å². The Morgan fingerprint density at radius 3 is 2.90 bits per heavy atom. The molecule has 2 amide bonds. The van der Waals surface area contributed by atoms with Crippen LogP contribution in [0.5, 0.6) is 0 Å². The lowest BCUT2D eigenvalue weighted by atomic mass is 10.0. The lowest BCUT2D eigenvalue weighted by molar-refractivity contribution is -0.131. The van der Waals surface area contributed by atoms with Gasteiger partial charge in [0, 0.05) is 11.9 Å². The summed E-state index contributed by atoms with van der Waals surface area (Å²) in [7, 11) is 0. The van der Waals surface area contributed by atoms with Gasteiger partial charge in [-0.25, -0.2) is 4.98 Å². The number of carbonyl (C=O) groups excluding carboxylic acids is 2. The Balaban J connectivity index is 1.41. The van der Waals surface area contributed by atoms with Crippen LogP contribution in [0.2, 0.25) is 10.0 Å². The second-order valence-electron chi connectivity index (χ2n) is 6.67.